The summed E-state index contributed by atoms with van der Waals surface area (Å²) in [5, 5.41) is 8.50. The van der Waals surface area contributed by atoms with Gasteiger partial charge in [-0.25, -0.2) is 0 Å². The maximum atomic E-state index is 8.50. The molecule has 0 amide bonds. The summed E-state index contributed by atoms with van der Waals surface area (Å²) in [5.74, 6) is 0. The van der Waals surface area contributed by atoms with Gasteiger partial charge in [-0.05, 0) is 6.42 Å². The van der Waals surface area contributed by atoms with Crippen LogP contribution in [0.5, 0.6) is 0 Å². The second kappa shape index (κ2) is 19.3. The van der Waals surface area contributed by atoms with Gasteiger partial charge in [-0.1, -0.05) is 64.7 Å². The number of hydrogen-bond acceptors (Lipinski definition) is 2. The summed E-state index contributed by atoms with van der Waals surface area (Å²) in [6.07, 6.45) is 13.6. The Balaban J connectivity index is 0. The Morgan fingerprint density at radius 2 is 1.18 bits per heavy atom. The van der Waals surface area contributed by atoms with E-state index in [2.05, 4.69) is 6.92 Å². The van der Waals surface area contributed by atoms with Crippen LogP contribution in [0, 0.1) is 0 Å². The van der Waals surface area contributed by atoms with E-state index in [9.17, 15) is 0 Å². The molecule has 0 aromatic carbocycles. The van der Waals surface area contributed by atoms with Crippen molar-refractivity contribution in [1.82, 2.24) is 0 Å². The Bertz CT molecular complexity index is 107. The number of aliphatic hydroxyl groups is 1. The van der Waals surface area contributed by atoms with Gasteiger partial charge in [-0.3, -0.25) is 0 Å². The summed E-state index contributed by atoms with van der Waals surface area (Å²) < 4.78 is 5.20. The van der Waals surface area contributed by atoms with E-state index in [1.54, 1.807) is 0 Å². The Morgan fingerprint density at radius 1 is 0.706 bits per heavy atom. The molecule has 0 fully saturated rings. The fraction of sp³-hybridized carbons (Fsp3) is 1.00. The van der Waals surface area contributed by atoms with Gasteiger partial charge in [-0.2, -0.15) is 0 Å². The molecule has 0 unspecified atom stereocenters. The van der Waals surface area contributed by atoms with Gasteiger partial charge in [0.25, 0.3) is 0 Å². The Morgan fingerprint density at radius 3 is 1.65 bits per heavy atom. The van der Waals surface area contributed by atoms with Crippen LogP contribution in [0.4, 0.5) is 0 Å². The average Bonchev–Trinajstić information content (AvgIpc) is 2.31. The zero-order chi connectivity index (χ0) is 11.9. The van der Waals surface area contributed by atoms with Crippen LogP contribution in [-0.4, -0.2) is 54.5 Å². The van der Waals surface area contributed by atoms with Gasteiger partial charge in [0.1, 0.15) is 0 Å². The summed E-state index contributed by atoms with van der Waals surface area (Å²) in [7, 11) is 0. The zero-order valence-electron chi connectivity index (χ0n) is 11.0. The summed E-state index contributed by atoms with van der Waals surface area (Å²) in [5.41, 5.74) is 0. The first-order valence-corrected chi connectivity index (χ1v) is 7.10. The van der Waals surface area contributed by atoms with Crippen molar-refractivity contribution >= 4 is 29.6 Å². The summed E-state index contributed by atoms with van der Waals surface area (Å²) >= 11 is 0. The molecule has 0 aromatic heterocycles. The molecule has 0 heterocycles. The first-order valence-electron chi connectivity index (χ1n) is 7.10. The Kier molecular flexibility index (Phi) is 22.9. The van der Waals surface area contributed by atoms with Crippen molar-refractivity contribution < 1.29 is 9.84 Å². The standard InChI is InChI=1S/C14H30O2.Na.H/c1-2-3-4-5-6-7-8-9-10-11-13-16-14-12-15;;/h15H,2-14H2,1H3;;. The van der Waals surface area contributed by atoms with Crippen LogP contribution in [0.1, 0.15) is 71.1 Å². The van der Waals surface area contributed by atoms with Crippen LogP contribution in [-0.2, 0) is 4.74 Å². The van der Waals surface area contributed by atoms with E-state index in [4.69, 9.17) is 9.84 Å². The molecule has 0 saturated carbocycles. The van der Waals surface area contributed by atoms with Gasteiger partial charge in [0.05, 0.1) is 13.2 Å². The van der Waals surface area contributed by atoms with E-state index >= 15 is 0 Å². The van der Waals surface area contributed by atoms with Crippen LogP contribution in [0.2, 0.25) is 0 Å². The molecule has 0 bridgehead atoms. The molecule has 0 aliphatic rings. The van der Waals surface area contributed by atoms with Crippen LogP contribution >= 0.6 is 0 Å². The maximum absolute atomic E-state index is 8.50. The predicted octanol–water partition coefficient (Wildman–Crippen LogP) is 3.27. The van der Waals surface area contributed by atoms with Gasteiger partial charge < -0.3 is 9.84 Å². The van der Waals surface area contributed by atoms with E-state index in [-0.39, 0.29) is 36.2 Å². The Hall–Kier alpha value is 0.920. The average molecular weight is 254 g/mol. The normalized spacial score (nSPS) is 10.2. The fourth-order valence-corrected chi connectivity index (χ4v) is 1.86. The SMILES string of the molecule is CCCCCCCCCCCCOCCO.[NaH]. The summed E-state index contributed by atoms with van der Waals surface area (Å²) in [4.78, 5) is 0. The second-order valence-corrected chi connectivity index (χ2v) is 4.52. The van der Waals surface area contributed by atoms with E-state index < -0.39 is 0 Å². The molecule has 0 atom stereocenters. The Labute approximate surface area is 130 Å². The van der Waals surface area contributed by atoms with Gasteiger partial charge in [0, 0.05) is 6.61 Å². The number of aliphatic hydroxyl groups excluding tert-OH is 1. The minimum atomic E-state index is 0. The molecule has 0 spiro atoms. The molecule has 3 heteroatoms. The fourth-order valence-electron chi connectivity index (χ4n) is 1.86. The predicted molar refractivity (Wildman–Crippen MR) is 76.9 cm³/mol. The third-order valence-corrected chi connectivity index (χ3v) is 2.88. The minimum absolute atomic E-state index is 0. The van der Waals surface area contributed by atoms with Crippen molar-refractivity contribution in [2.45, 2.75) is 71.1 Å². The molecular formula is C14H31NaO2. The summed E-state index contributed by atoms with van der Waals surface area (Å²) in [6, 6.07) is 0. The number of rotatable bonds is 13. The van der Waals surface area contributed by atoms with Gasteiger partial charge in [0.15, 0.2) is 0 Å². The van der Waals surface area contributed by atoms with Crippen LogP contribution in [0.15, 0.2) is 0 Å². The monoisotopic (exact) mass is 254 g/mol. The first-order chi connectivity index (χ1) is 7.91. The molecule has 17 heavy (non-hydrogen) atoms. The molecule has 1 N–H and O–H groups in total. The molecule has 100 valence electrons. The van der Waals surface area contributed by atoms with Gasteiger partial charge in [0.2, 0.25) is 0 Å². The van der Waals surface area contributed by atoms with E-state index in [1.165, 1.54) is 57.8 Å². The third-order valence-electron chi connectivity index (χ3n) is 2.88. The van der Waals surface area contributed by atoms with Crippen LogP contribution < -0.4 is 0 Å². The zero-order valence-corrected chi connectivity index (χ0v) is 11.0. The van der Waals surface area contributed by atoms with Crippen molar-refractivity contribution in [3.63, 3.8) is 0 Å². The molecule has 0 aromatic rings. The number of hydrogen-bond donors (Lipinski definition) is 1. The molecule has 0 aliphatic heterocycles. The topological polar surface area (TPSA) is 29.5 Å². The molecular weight excluding hydrogens is 223 g/mol. The van der Waals surface area contributed by atoms with E-state index in [1.807, 2.05) is 0 Å². The van der Waals surface area contributed by atoms with Gasteiger partial charge in [-0.15, -0.1) is 0 Å². The van der Waals surface area contributed by atoms with Crippen LogP contribution in [0.3, 0.4) is 0 Å². The van der Waals surface area contributed by atoms with Crippen molar-refractivity contribution in [1.29, 1.82) is 0 Å². The van der Waals surface area contributed by atoms with Crippen molar-refractivity contribution in [3.05, 3.63) is 0 Å². The molecule has 0 rings (SSSR count). The molecule has 2 nitrogen and oxygen atoms in total. The number of ether oxygens (including phenoxy) is 1. The first kappa shape index (κ1) is 20.2. The molecule has 0 saturated heterocycles. The quantitative estimate of drug-likeness (QED) is 0.404. The third kappa shape index (κ3) is 19.4. The summed E-state index contributed by atoms with van der Waals surface area (Å²) in [6.45, 7) is 3.73. The van der Waals surface area contributed by atoms with Crippen molar-refractivity contribution in [2.24, 2.45) is 0 Å². The van der Waals surface area contributed by atoms with E-state index in [0.29, 0.717) is 6.61 Å². The second-order valence-electron chi connectivity index (χ2n) is 4.52. The van der Waals surface area contributed by atoms with E-state index in [0.717, 1.165) is 13.0 Å². The van der Waals surface area contributed by atoms with Crippen LogP contribution in [0.25, 0.3) is 0 Å². The molecule has 0 aliphatic carbocycles. The van der Waals surface area contributed by atoms with Crippen molar-refractivity contribution in [3.8, 4) is 0 Å². The number of unbranched alkanes of at least 4 members (excludes halogenated alkanes) is 9. The molecule has 0 radical (unpaired) electrons. The van der Waals surface area contributed by atoms with Gasteiger partial charge >= 0.3 is 29.6 Å². The van der Waals surface area contributed by atoms with Crippen molar-refractivity contribution in [2.75, 3.05) is 19.8 Å².